The zero-order valence-electron chi connectivity index (χ0n) is 12.9. The van der Waals surface area contributed by atoms with Gasteiger partial charge in [-0.1, -0.05) is 12.1 Å². The first-order chi connectivity index (χ1) is 11.3. The molecule has 0 aliphatic carbocycles. The van der Waals surface area contributed by atoms with Crippen molar-refractivity contribution in [1.82, 2.24) is 15.3 Å². The van der Waals surface area contributed by atoms with Crippen LogP contribution < -0.4 is 10.1 Å². The average molecular weight is 317 g/mol. The van der Waals surface area contributed by atoms with Crippen molar-refractivity contribution in [2.24, 2.45) is 0 Å². The number of hydrogen-bond donors (Lipinski definition) is 1. The van der Waals surface area contributed by atoms with Crippen LogP contribution in [0.2, 0.25) is 0 Å². The van der Waals surface area contributed by atoms with Gasteiger partial charge in [-0.05, 0) is 18.6 Å². The number of rotatable bonds is 5. The molecule has 1 saturated heterocycles. The van der Waals surface area contributed by atoms with Gasteiger partial charge in [0, 0.05) is 13.7 Å². The second-order valence-corrected chi connectivity index (χ2v) is 5.30. The van der Waals surface area contributed by atoms with Gasteiger partial charge in [-0.3, -0.25) is 4.79 Å². The molecular weight excluding hydrogens is 298 g/mol. The van der Waals surface area contributed by atoms with Crippen LogP contribution in [0.15, 0.2) is 30.6 Å². The number of para-hydroxylation sites is 1. The molecule has 1 aromatic heterocycles. The summed E-state index contributed by atoms with van der Waals surface area (Å²) in [4.78, 5) is 20.3. The van der Waals surface area contributed by atoms with Crippen molar-refractivity contribution < 1.29 is 19.0 Å². The number of nitrogens with zero attached hydrogens (tertiary/aromatic N) is 2. The molecule has 1 aromatic carbocycles. The summed E-state index contributed by atoms with van der Waals surface area (Å²) in [6.07, 6.45) is 2.15. The molecule has 0 bridgehead atoms. The van der Waals surface area contributed by atoms with E-state index in [0.29, 0.717) is 19.1 Å². The number of carbonyl (C=O) groups is 1. The number of carbonyl (C=O) groups excluding carboxylic acids is 1. The summed E-state index contributed by atoms with van der Waals surface area (Å²) >= 11 is 0. The Labute approximate surface area is 134 Å². The van der Waals surface area contributed by atoms with Gasteiger partial charge in [0.1, 0.15) is 6.33 Å². The lowest BCUT2D eigenvalue weighted by molar-refractivity contribution is -0.127. The molecule has 2 heterocycles. The number of fused-ring (bicyclic) bond motifs is 1. The summed E-state index contributed by atoms with van der Waals surface area (Å²) in [6.45, 7) is 0.975. The van der Waals surface area contributed by atoms with Gasteiger partial charge in [0.2, 0.25) is 5.88 Å². The van der Waals surface area contributed by atoms with Crippen LogP contribution in [-0.4, -0.2) is 55.0 Å². The molecular formula is C16H19N3O4. The fourth-order valence-electron chi connectivity index (χ4n) is 2.61. The third-order valence-electron chi connectivity index (χ3n) is 3.79. The van der Waals surface area contributed by atoms with Crippen LogP contribution in [0.3, 0.4) is 0 Å². The van der Waals surface area contributed by atoms with E-state index in [-0.39, 0.29) is 24.7 Å². The highest BCUT2D eigenvalue weighted by atomic mass is 16.5. The fourth-order valence-corrected chi connectivity index (χ4v) is 2.61. The summed E-state index contributed by atoms with van der Waals surface area (Å²) in [5.41, 5.74) is 0.776. The minimum atomic E-state index is -0.231. The largest absolute Gasteiger partial charge is 0.467 e. The van der Waals surface area contributed by atoms with Gasteiger partial charge in [-0.15, -0.1) is 0 Å². The SMILES string of the molecule is CO[C@@H]1CCOC[C@H]1NC(=O)COc1ncnc2ccccc12. The molecule has 0 radical (unpaired) electrons. The van der Waals surface area contributed by atoms with Gasteiger partial charge in [0.05, 0.1) is 29.7 Å². The summed E-state index contributed by atoms with van der Waals surface area (Å²) in [5, 5.41) is 3.66. The lowest BCUT2D eigenvalue weighted by Crippen LogP contribution is -2.51. The van der Waals surface area contributed by atoms with E-state index >= 15 is 0 Å². The highest BCUT2D eigenvalue weighted by Gasteiger charge is 2.27. The molecule has 7 heteroatoms. The first-order valence-electron chi connectivity index (χ1n) is 7.50. The molecule has 23 heavy (non-hydrogen) atoms. The maximum atomic E-state index is 12.1. The van der Waals surface area contributed by atoms with E-state index < -0.39 is 0 Å². The predicted molar refractivity (Wildman–Crippen MR) is 83.2 cm³/mol. The zero-order chi connectivity index (χ0) is 16.1. The number of aromatic nitrogens is 2. The average Bonchev–Trinajstić information content (AvgIpc) is 2.60. The van der Waals surface area contributed by atoms with E-state index in [2.05, 4.69) is 15.3 Å². The summed E-state index contributed by atoms with van der Waals surface area (Å²) in [5.74, 6) is 0.166. The summed E-state index contributed by atoms with van der Waals surface area (Å²) in [6, 6.07) is 7.33. The number of methoxy groups -OCH3 is 1. The monoisotopic (exact) mass is 317 g/mol. The van der Waals surface area contributed by atoms with E-state index in [4.69, 9.17) is 14.2 Å². The van der Waals surface area contributed by atoms with Crippen LogP contribution in [0.5, 0.6) is 5.88 Å². The molecule has 7 nitrogen and oxygen atoms in total. The standard InChI is InChI=1S/C16H19N3O4/c1-21-14-6-7-22-8-13(14)19-15(20)9-23-16-11-4-2-3-5-12(11)17-10-18-16/h2-5,10,13-14H,6-9H2,1H3,(H,19,20)/t13-,14-/m1/s1. The maximum absolute atomic E-state index is 12.1. The van der Waals surface area contributed by atoms with Crippen LogP contribution >= 0.6 is 0 Å². The molecule has 0 spiro atoms. The van der Waals surface area contributed by atoms with E-state index in [0.717, 1.165) is 17.3 Å². The first-order valence-corrected chi connectivity index (χ1v) is 7.50. The fraction of sp³-hybridized carbons (Fsp3) is 0.438. The molecule has 1 amide bonds. The van der Waals surface area contributed by atoms with Crippen LogP contribution in [0.25, 0.3) is 10.9 Å². The Kier molecular flexibility index (Phi) is 4.99. The maximum Gasteiger partial charge on any atom is 0.258 e. The van der Waals surface area contributed by atoms with Gasteiger partial charge < -0.3 is 19.5 Å². The molecule has 1 fully saturated rings. The van der Waals surface area contributed by atoms with Gasteiger partial charge in [0.25, 0.3) is 5.91 Å². The Morgan fingerprint density at radius 3 is 3.13 bits per heavy atom. The molecule has 0 unspecified atom stereocenters. The van der Waals surface area contributed by atoms with Gasteiger partial charge in [-0.25, -0.2) is 9.97 Å². The van der Waals surface area contributed by atoms with E-state index in [1.807, 2.05) is 24.3 Å². The normalized spacial score (nSPS) is 21.1. The Morgan fingerprint density at radius 2 is 2.26 bits per heavy atom. The van der Waals surface area contributed by atoms with Gasteiger partial charge >= 0.3 is 0 Å². The number of benzene rings is 1. The molecule has 3 rings (SSSR count). The second-order valence-electron chi connectivity index (χ2n) is 5.30. The van der Waals surface area contributed by atoms with Crippen molar-refractivity contribution in [2.75, 3.05) is 26.9 Å². The highest BCUT2D eigenvalue weighted by molar-refractivity contribution is 5.84. The van der Waals surface area contributed by atoms with Crippen molar-refractivity contribution in [3.8, 4) is 5.88 Å². The Hall–Kier alpha value is -2.25. The van der Waals surface area contributed by atoms with Crippen molar-refractivity contribution in [2.45, 2.75) is 18.6 Å². The topological polar surface area (TPSA) is 82.6 Å². The third-order valence-corrected chi connectivity index (χ3v) is 3.79. The van der Waals surface area contributed by atoms with E-state index in [9.17, 15) is 4.79 Å². The van der Waals surface area contributed by atoms with Crippen molar-refractivity contribution in [3.05, 3.63) is 30.6 Å². The quantitative estimate of drug-likeness (QED) is 0.883. The van der Waals surface area contributed by atoms with Crippen molar-refractivity contribution >= 4 is 16.8 Å². The van der Waals surface area contributed by atoms with E-state index in [1.165, 1.54) is 6.33 Å². The van der Waals surface area contributed by atoms with Crippen molar-refractivity contribution in [3.63, 3.8) is 0 Å². The zero-order valence-corrected chi connectivity index (χ0v) is 12.9. The van der Waals surface area contributed by atoms with E-state index in [1.54, 1.807) is 7.11 Å². The Bertz CT molecular complexity index is 674. The number of amides is 1. The van der Waals surface area contributed by atoms with Crippen LogP contribution in [-0.2, 0) is 14.3 Å². The molecule has 2 aromatic rings. The number of hydrogen-bond acceptors (Lipinski definition) is 6. The van der Waals surface area contributed by atoms with Gasteiger partial charge in [0.15, 0.2) is 6.61 Å². The molecule has 0 saturated carbocycles. The lowest BCUT2D eigenvalue weighted by Gasteiger charge is -2.30. The summed E-state index contributed by atoms with van der Waals surface area (Å²) in [7, 11) is 1.64. The van der Waals surface area contributed by atoms with Crippen LogP contribution in [0.1, 0.15) is 6.42 Å². The molecule has 1 aliphatic heterocycles. The smallest absolute Gasteiger partial charge is 0.258 e. The van der Waals surface area contributed by atoms with Crippen LogP contribution in [0, 0.1) is 0 Å². The molecule has 1 aliphatic rings. The highest BCUT2D eigenvalue weighted by Crippen LogP contribution is 2.20. The third kappa shape index (κ3) is 3.75. The number of nitrogens with one attached hydrogen (secondary N) is 1. The molecule has 1 N–H and O–H groups in total. The minimum Gasteiger partial charge on any atom is -0.467 e. The number of ether oxygens (including phenoxy) is 3. The Morgan fingerprint density at radius 1 is 1.39 bits per heavy atom. The first kappa shape index (κ1) is 15.6. The molecule has 2 atom stereocenters. The Balaban J connectivity index is 1.60. The predicted octanol–water partition coefficient (Wildman–Crippen LogP) is 0.929. The van der Waals surface area contributed by atoms with Gasteiger partial charge in [-0.2, -0.15) is 0 Å². The van der Waals surface area contributed by atoms with Crippen LogP contribution in [0.4, 0.5) is 0 Å². The molecule has 122 valence electrons. The summed E-state index contributed by atoms with van der Waals surface area (Å²) < 4.78 is 16.3. The minimum absolute atomic E-state index is 0.0346. The lowest BCUT2D eigenvalue weighted by atomic mass is 10.1. The van der Waals surface area contributed by atoms with Crippen molar-refractivity contribution in [1.29, 1.82) is 0 Å². The second kappa shape index (κ2) is 7.34.